The van der Waals surface area contributed by atoms with Crippen LogP contribution < -0.4 is 4.31 Å². The molecule has 1 aliphatic rings. The van der Waals surface area contributed by atoms with Gasteiger partial charge in [-0.15, -0.1) is 0 Å². The zero-order chi connectivity index (χ0) is 11.8. The molecule has 0 amide bonds. The molecule has 2 rings (SSSR count). The Morgan fingerprint density at radius 1 is 1.38 bits per heavy atom. The Bertz CT molecular complexity index is 484. The summed E-state index contributed by atoms with van der Waals surface area (Å²) in [7, 11) is -3.26. The predicted octanol–water partition coefficient (Wildman–Crippen LogP) is 1.28. The van der Waals surface area contributed by atoms with Gasteiger partial charge in [-0.1, -0.05) is 18.2 Å². The van der Waals surface area contributed by atoms with Gasteiger partial charge in [0.2, 0.25) is 10.0 Å². The Morgan fingerprint density at radius 2 is 2.06 bits per heavy atom. The van der Waals surface area contributed by atoms with Crippen molar-refractivity contribution in [2.24, 2.45) is 0 Å². The highest BCUT2D eigenvalue weighted by Gasteiger charge is 2.25. The number of hydrogen-bond donors (Lipinski definition) is 1. The molecule has 0 radical (unpaired) electrons. The number of hydrogen-bond acceptors (Lipinski definition) is 3. The van der Waals surface area contributed by atoms with Gasteiger partial charge in [0.15, 0.2) is 0 Å². The number of para-hydroxylation sites is 1. The van der Waals surface area contributed by atoms with Crippen molar-refractivity contribution in [1.82, 2.24) is 0 Å². The van der Waals surface area contributed by atoms with Gasteiger partial charge in [0.25, 0.3) is 0 Å². The van der Waals surface area contributed by atoms with E-state index in [4.69, 9.17) is 0 Å². The summed E-state index contributed by atoms with van der Waals surface area (Å²) in [6, 6.07) is 7.12. The molecule has 0 aliphatic carbocycles. The van der Waals surface area contributed by atoms with E-state index in [-0.39, 0.29) is 0 Å². The lowest BCUT2D eigenvalue weighted by molar-refractivity contribution is 0.168. The fourth-order valence-corrected chi connectivity index (χ4v) is 3.03. The maximum Gasteiger partial charge on any atom is 0.232 e. The van der Waals surface area contributed by atoms with Crippen LogP contribution in [0.15, 0.2) is 24.3 Å². The van der Waals surface area contributed by atoms with E-state index in [0.29, 0.717) is 30.6 Å². The molecule has 0 saturated carbocycles. The van der Waals surface area contributed by atoms with Gasteiger partial charge in [-0.25, -0.2) is 8.42 Å². The van der Waals surface area contributed by atoms with Crippen LogP contribution in [0.1, 0.15) is 24.5 Å². The van der Waals surface area contributed by atoms with Crippen molar-refractivity contribution >= 4 is 15.7 Å². The molecule has 5 heteroatoms. The summed E-state index contributed by atoms with van der Waals surface area (Å²) in [5.74, 6) is 0. The highest BCUT2D eigenvalue weighted by atomic mass is 32.2. The smallest absolute Gasteiger partial charge is 0.232 e. The molecule has 1 aromatic rings. The Morgan fingerprint density at radius 3 is 2.75 bits per heavy atom. The maximum atomic E-state index is 11.7. The zero-order valence-corrected chi connectivity index (χ0v) is 9.94. The van der Waals surface area contributed by atoms with Crippen LogP contribution in [0, 0.1) is 0 Å². The summed E-state index contributed by atoms with van der Waals surface area (Å²) in [6.07, 6.45) is 1.90. The molecule has 1 atom stereocenters. The van der Waals surface area contributed by atoms with Crippen molar-refractivity contribution < 1.29 is 13.5 Å². The molecule has 0 bridgehead atoms. The van der Waals surface area contributed by atoms with Crippen molar-refractivity contribution in [1.29, 1.82) is 0 Å². The molecule has 0 fully saturated rings. The monoisotopic (exact) mass is 241 g/mol. The number of fused-ring (bicyclic) bond motifs is 1. The highest BCUT2D eigenvalue weighted by Crippen LogP contribution is 2.33. The largest absolute Gasteiger partial charge is 0.388 e. The molecule has 1 aromatic carbocycles. The first-order chi connectivity index (χ1) is 7.50. The van der Waals surface area contributed by atoms with Crippen molar-refractivity contribution in [3.8, 4) is 0 Å². The summed E-state index contributed by atoms with van der Waals surface area (Å²) in [5.41, 5.74) is 1.31. The third-order valence-electron chi connectivity index (χ3n) is 2.80. The molecule has 1 aliphatic heterocycles. The van der Waals surface area contributed by atoms with E-state index in [1.165, 1.54) is 10.6 Å². The summed E-state index contributed by atoms with van der Waals surface area (Å²) in [4.78, 5) is 0. The highest BCUT2D eigenvalue weighted by molar-refractivity contribution is 7.92. The quantitative estimate of drug-likeness (QED) is 0.805. The second-order valence-corrected chi connectivity index (χ2v) is 5.96. The number of benzene rings is 1. The average Bonchev–Trinajstić information content (AvgIpc) is 2.38. The van der Waals surface area contributed by atoms with Gasteiger partial charge in [-0.2, -0.15) is 0 Å². The maximum absolute atomic E-state index is 11.7. The summed E-state index contributed by atoms with van der Waals surface area (Å²) >= 11 is 0. The first kappa shape index (κ1) is 11.4. The topological polar surface area (TPSA) is 57.6 Å². The molecule has 1 heterocycles. The Kier molecular flexibility index (Phi) is 2.90. The van der Waals surface area contributed by atoms with Crippen LogP contribution in [-0.2, 0) is 10.0 Å². The number of nitrogens with zero attached hydrogens (tertiary/aromatic N) is 1. The summed E-state index contributed by atoms with van der Waals surface area (Å²) < 4.78 is 24.7. The lowest BCUT2D eigenvalue weighted by Crippen LogP contribution is -2.30. The molecule has 0 aromatic heterocycles. The van der Waals surface area contributed by atoms with Crippen molar-refractivity contribution in [3.63, 3.8) is 0 Å². The van der Waals surface area contributed by atoms with Crippen LogP contribution in [0.3, 0.4) is 0 Å². The second kappa shape index (κ2) is 4.07. The van der Waals surface area contributed by atoms with E-state index in [0.717, 1.165) is 0 Å². The van der Waals surface area contributed by atoms with Crippen LogP contribution in [0.25, 0.3) is 0 Å². The van der Waals surface area contributed by atoms with E-state index >= 15 is 0 Å². The van der Waals surface area contributed by atoms with Crippen molar-refractivity contribution in [2.45, 2.75) is 18.9 Å². The number of sulfonamides is 1. The zero-order valence-electron chi connectivity index (χ0n) is 9.13. The van der Waals surface area contributed by atoms with Gasteiger partial charge < -0.3 is 5.11 Å². The Hall–Kier alpha value is -1.07. The van der Waals surface area contributed by atoms with E-state index in [1.807, 2.05) is 6.07 Å². The normalized spacial score (nSPS) is 21.4. The molecular formula is C11H15NO3S. The first-order valence-corrected chi connectivity index (χ1v) is 7.09. The molecule has 0 unspecified atom stereocenters. The summed E-state index contributed by atoms with van der Waals surface area (Å²) in [6.45, 7) is 0.437. The average molecular weight is 241 g/mol. The molecule has 0 spiro atoms. The number of aliphatic hydroxyl groups excluding tert-OH is 1. The Balaban J connectivity index is 2.56. The fraction of sp³-hybridized carbons (Fsp3) is 0.455. The molecule has 1 N–H and O–H groups in total. The van der Waals surface area contributed by atoms with Gasteiger partial charge in [-0.05, 0) is 18.9 Å². The van der Waals surface area contributed by atoms with Crippen LogP contribution >= 0.6 is 0 Å². The minimum Gasteiger partial charge on any atom is -0.388 e. The van der Waals surface area contributed by atoms with E-state index < -0.39 is 16.1 Å². The van der Waals surface area contributed by atoms with Gasteiger partial charge >= 0.3 is 0 Å². The molecule has 0 saturated heterocycles. The first-order valence-electron chi connectivity index (χ1n) is 5.25. The molecule has 4 nitrogen and oxygen atoms in total. The fourth-order valence-electron chi connectivity index (χ4n) is 2.05. The number of anilines is 1. The number of rotatable bonds is 1. The molecular weight excluding hydrogens is 226 g/mol. The van der Waals surface area contributed by atoms with E-state index in [1.54, 1.807) is 18.2 Å². The van der Waals surface area contributed by atoms with E-state index in [2.05, 4.69) is 0 Å². The third kappa shape index (κ3) is 2.05. The second-order valence-electron chi connectivity index (χ2n) is 4.05. The van der Waals surface area contributed by atoms with Crippen molar-refractivity contribution in [3.05, 3.63) is 29.8 Å². The van der Waals surface area contributed by atoms with Gasteiger partial charge in [0, 0.05) is 12.1 Å². The van der Waals surface area contributed by atoms with Gasteiger partial charge in [0.1, 0.15) is 0 Å². The number of aliphatic hydroxyl groups is 1. The molecule has 88 valence electrons. The van der Waals surface area contributed by atoms with E-state index in [9.17, 15) is 13.5 Å². The third-order valence-corrected chi connectivity index (χ3v) is 3.98. The standard InChI is InChI=1S/C11H15NO3S/c1-16(14,15)12-8-4-7-11(13)9-5-2-3-6-10(9)12/h2-3,5-6,11,13H,4,7-8H2,1H3/t11-/m0/s1. The lowest BCUT2D eigenvalue weighted by Gasteiger charge is -2.22. The summed E-state index contributed by atoms with van der Waals surface area (Å²) in [5, 5.41) is 9.90. The van der Waals surface area contributed by atoms with Crippen LogP contribution in [0.4, 0.5) is 5.69 Å². The van der Waals surface area contributed by atoms with Crippen molar-refractivity contribution in [2.75, 3.05) is 17.1 Å². The Labute approximate surface area is 95.6 Å². The van der Waals surface area contributed by atoms with Crippen LogP contribution in [0.2, 0.25) is 0 Å². The predicted molar refractivity (Wildman–Crippen MR) is 62.8 cm³/mol. The minimum absolute atomic E-state index is 0.437. The van der Waals surface area contributed by atoms with Gasteiger partial charge in [-0.3, -0.25) is 4.31 Å². The van der Waals surface area contributed by atoms with Gasteiger partial charge in [0.05, 0.1) is 18.0 Å². The minimum atomic E-state index is -3.26. The van der Waals surface area contributed by atoms with Crippen LogP contribution in [-0.4, -0.2) is 26.3 Å². The SMILES string of the molecule is CS(=O)(=O)N1CCC[C@H](O)c2ccccc21. The van der Waals surface area contributed by atoms with Crippen LogP contribution in [0.5, 0.6) is 0 Å². The molecule has 16 heavy (non-hydrogen) atoms. The lowest BCUT2D eigenvalue weighted by atomic mass is 10.1.